The van der Waals surface area contributed by atoms with Crippen LogP contribution in [0.3, 0.4) is 0 Å². The molecule has 5 aromatic rings. The number of aromatic nitrogens is 1. The summed E-state index contributed by atoms with van der Waals surface area (Å²) < 4.78 is 0. The quantitative estimate of drug-likeness (QED) is 0.289. The molecule has 0 saturated heterocycles. The molecule has 0 amide bonds. The maximum absolute atomic E-state index is 5.32. The smallest absolute Gasteiger partial charge is 0.0939 e. The van der Waals surface area contributed by atoms with Gasteiger partial charge in [0.1, 0.15) is 0 Å². The second-order valence-electron chi connectivity index (χ2n) is 8.78. The first kappa shape index (κ1) is 20.3. The van der Waals surface area contributed by atoms with E-state index in [0.717, 1.165) is 33.4 Å². The summed E-state index contributed by atoms with van der Waals surface area (Å²) in [5.41, 5.74) is 6.99. The molecule has 4 aromatic carbocycles. The first-order chi connectivity index (χ1) is 16.8. The Kier molecular flexibility index (Phi) is 4.92. The number of rotatable bonds is 4. The van der Waals surface area contributed by atoms with Gasteiger partial charge in [0.25, 0.3) is 0 Å². The summed E-state index contributed by atoms with van der Waals surface area (Å²) in [7, 11) is 0. The summed E-state index contributed by atoms with van der Waals surface area (Å²) in [6, 6.07) is 40.4. The topological polar surface area (TPSA) is 25.2 Å². The molecule has 1 aliphatic rings. The van der Waals surface area contributed by atoms with Crippen molar-refractivity contribution >= 4 is 22.2 Å². The lowest BCUT2D eigenvalue weighted by Crippen LogP contribution is -2.34. The third kappa shape index (κ3) is 3.27. The van der Waals surface area contributed by atoms with E-state index in [0.29, 0.717) is 0 Å². The molecular formula is C32H24N2. The molecule has 1 atom stereocenters. The predicted molar refractivity (Wildman–Crippen MR) is 141 cm³/mol. The van der Waals surface area contributed by atoms with Gasteiger partial charge in [0, 0.05) is 11.6 Å². The Bertz CT molecular complexity index is 1530. The highest BCUT2D eigenvalue weighted by Gasteiger charge is 2.43. The lowest BCUT2D eigenvalue weighted by molar-refractivity contribution is 0.880. The molecule has 6 rings (SSSR count). The molecule has 1 unspecified atom stereocenters. The largest absolute Gasteiger partial charge is 0.254 e. The summed E-state index contributed by atoms with van der Waals surface area (Å²) in [5.74, 6) is 0. The van der Waals surface area contributed by atoms with E-state index in [1.165, 1.54) is 16.7 Å². The van der Waals surface area contributed by atoms with Crippen molar-refractivity contribution in [1.82, 2.24) is 4.98 Å². The minimum atomic E-state index is -0.558. The van der Waals surface area contributed by atoms with E-state index < -0.39 is 5.41 Å². The number of aryl methyl sites for hydroxylation is 1. The number of hydrogen-bond acceptors (Lipinski definition) is 2. The highest BCUT2D eigenvalue weighted by atomic mass is 14.9. The van der Waals surface area contributed by atoms with E-state index >= 15 is 0 Å². The first-order valence-corrected chi connectivity index (χ1v) is 11.6. The molecule has 2 heteroatoms. The number of pyridine rings is 1. The molecular weight excluding hydrogens is 412 g/mol. The Morgan fingerprint density at radius 3 is 2.03 bits per heavy atom. The third-order valence-electron chi connectivity index (χ3n) is 6.66. The summed E-state index contributed by atoms with van der Waals surface area (Å²) >= 11 is 0. The van der Waals surface area contributed by atoms with E-state index in [9.17, 15) is 0 Å². The molecule has 34 heavy (non-hydrogen) atoms. The van der Waals surface area contributed by atoms with Crippen molar-refractivity contribution in [3.8, 4) is 0 Å². The molecule has 0 bridgehead atoms. The summed E-state index contributed by atoms with van der Waals surface area (Å²) in [6.45, 7) is 2.13. The van der Waals surface area contributed by atoms with Crippen LogP contribution in [0.5, 0.6) is 0 Å². The van der Waals surface area contributed by atoms with Gasteiger partial charge in [0.2, 0.25) is 0 Å². The van der Waals surface area contributed by atoms with Crippen molar-refractivity contribution in [3.05, 3.63) is 155 Å². The van der Waals surface area contributed by atoms with Gasteiger partial charge in [0.15, 0.2) is 0 Å². The van der Waals surface area contributed by atoms with Crippen LogP contribution in [0.4, 0.5) is 0 Å². The van der Waals surface area contributed by atoms with Crippen LogP contribution in [0, 0.1) is 6.92 Å². The summed E-state index contributed by atoms with van der Waals surface area (Å²) in [6.07, 6.45) is 4.21. The zero-order valence-electron chi connectivity index (χ0n) is 19.0. The molecule has 162 valence electrons. The molecule has 1 aliphatic heterocycles. The summed E-state index contributed by atoms with van der Waals surface area (Å²) in [4.78, 5) is 10.2. The third-order valence-corrected chi connectivity index (χ3v) is 6.66. The molecule has 2 nitrogen and oxygen atoms in total. The van der Waals surface area contributed by atoms with Crippen LogP contribution in [0.25, 0.3) is 16.5 Å². The van der Waals surface area contributed by atoms with Gasteiger partial charge < -0.3 is 0 Å². The molecule has 0 N–H and O–H groups in total. The molecule has 0 saturated carbocycles. The zero-order valence-corrected chi connectivity index (χ0v) is 19.0. The first-order valence-electron chi connectivity index (χ1n) is 11.6. The van der Waals surface area contributed by atoms with Gasteiger partial charge in [-0.3, -0.25) is 4.98 Å². The molecule has 0 spiro atoms. The lowest BCUT2D eigenvalue weighted by Gasteiger charge is -2.31. The Balaban J connectivity index is 1.71. The van der Waals surface area contributed by atoms with Crippen molar-refractivity contribution in [3.63, 3.8) is 0 Å². The standard InChI is InChI=1S/C32H24N2/c1-23-16-18-27(19-17-23)32(26-13-6-3-7-14-26)22-29(25-11-4-2-5-12-25)34-31(32)30-28-15-9-8-10-24(28)20-21-33-30/h2-22H,1H3. The predicted octanol–water partition coefficient (Wildman–Crippen LogP) is 7.37. The molecule has 0 radical (unpaired) electrons. The highest BCUT2D eigenvalue weighted by molar-refractivity contribution is 6.21. The van der Waals surface area contributed by atoms with Crippen molar-refractivity contribution in [2.75, 3.05) is 0 Å². The summed E-state index contributed by atoms with van der Waals surface area (Å²) in [5, 5.41) is 2.27. The van der Waals surface area contributed by atoms with Crippen LogP contribution in [0.1, 0.15) is 27.9 Å². The fraction of sp³-hybridized carbons (Fsp3) is 0.0625. The maximum Gasteiger partial charge on any atom is 0.0939 e. The van der Waals surface area contributed by atoms with E-state index in [-0.39, 0.29) is 0 Å². The lowest BCUT2D eigenvalue weighted by atomic mass is 9.70. The normalized spacial score (nSPS) is 17.4. The van der Waals surface area contributed by atoms with Crippen molar-refractivity contribution in [1.29, 1.82) is 0 Å². The van der Waals surface area contributed by atoms with Crippen LogP contribution < -0.4 is 0 Å². The average Bonchev–Trinajstić information content (AvgIpc) is 3.31. The van der Waals surface area contributed by atoms with Crippen molar-refractivity contribution in [2.45, 2.75) is 12.3 Å². The Morgan fingerprint density at radius 2 is 1.26 bits per heavy atom. The fourth-order valence-electron chi connectivity index (χ4n) is 4.94. The van der Waals surface area contributed by atoms with Crippen LogP contribution in [-0.4, -0.2) is 10.7 Å². The van der Waals surface area contributed by atoms with Gasteiger partial charge in [-0.2, -0.15) is 0 Å². The van der Waals surface area contributed by atoms with Gasteiger partial charge >= 0.3 is 0 Å². The number of hydrogen-bond donors (Lipinski definition) is 0. The van der Waals surface area contributed by atoms with E-state index in [2.05, 4.69) is 122 Å². The van der Waals surface area contributed by atoms with Crippen molar-refractivity contribution < 1.29 is 0 Å². The van der Waals surface area contributed by atoms with Crippen LogP contribution in [0.2, 0.25) is 0 Å². The molecule has 0 aliphatic carbocycles. The SMILES string of the molecule is Cc1ccc(C2(c3ccccc3)C=C(c3ccccc3)N=C2c2nccc3ccccc23)cc1. The van der Waals surface area contributed by atoms with E-state index in [1.807, 2.05) is 12.3 Å². The van der Waals surface area contributed by atoms with Gasteiger partial charge in [-0.25, -0.2) is 4.99 Å². The van der Waals surface area contributed by atoms with Crippen LogP contribution in [0.15, 0.2) is 133 Å². The monoisotopic (exact) mass is 436 g/mol. The zero-order chi connectivity index (χ0) is 23.0. The minimum absolute atomic E-state index is 0.558. The van der Waals surface area contributed by atoms with Crippen molar-refractivity contribution in [2.24, 2.45) is 4.99 Å². The fourth-order valence-corrected chi connectivity index (χ4v) is 4.94. The van der Waals surface area contributed by atoms with E-state index in [4.69, 9.17) is 9.98 Å². The second kappa shape index (κ2) is 8.24. The van der Waals surface area contributed by atoms with Gasteiger partial charge in [0.05, 0.1) is 22.5 Å². The van der Waals surface area contributed by atoms with Crippen LogP contribution >= 0.6 is 0 Å². The second-order valence-corrected chi connectivity index (χ2v) is 8.78. The average molecular weight is 437 g/mol. The number of aliphatic imine (C=N–C) groups is 1. The van der Waals surface area contributed by atoms with Gasteiger partial charge in [-0.1, -0.05) is 115 Å². The van der Waals surface area contributed by atoms with Crippen LogP contribution in [-0.2, 0) is 5.41 Å². The highest BCUT2D eigenvalue weighted by Crippen LogP contribution is 2.45. The minimum Gasteiger partial charge on any atom is -0.254 e. The Labute approximate surface area is 200 Å². The maximum atomic E-state index is 5.32. The number of fused-ring (bicyclic) bond motifs is 1. The number of allylic oxidation sites excluding steroid dienone is 1. The van der Waals surface area contributed by atoms with Gasteiger partial charge in [-0.15, -0.1) is 0 Å². The Hall–Kier alpha value is -4.30. The number of benzene rings is 4. The molecule has 1 aromatic heterocycles. The molecule has 2 heterocycles. The van der Waals surface area contributed by atoms with Gasteiger partial charge in [-0.05, 0) is 41.1 Å². The van der Waals surface area contributed by atoms with E-state index in [1.54, 1.807) is 0 Å². The molecule has 0 fully saturated rings. The number of nitrogens with zero attached hydrogens (tertiary/aromatic N) is 2. The Morgan fingerprint density at radius 1 is 0.618 bits per heavy atom.